The van der Waals surface area contributed by atoms with Crippen LogP contribution >= 0.6 is 0 Å². The molecule has 3 heterocycles. The minimum Gasteiger partial charge on any atom is -0.383 e. The van der Waals surface area contributed by atoms with E-state index in [0.29, 0.717) is 45.1 Å². The molecule has 1 atom stereocenters. The van der Waals surface area contributed by atoms with E-state index in [-0.39, 0.29) is 18.4 Å². The van der Waals surface area contributed by atoms with Gasteiger partial charge in [0, 0.05) is 32.7 Å². The second-order valence-corrected chi connectivity index (χ2v) is 6.34. The normalized spacial score (nSPS) is 22.1. The maximum Gasteiger partial charge on any atom is 0.251 e. The minimum atomic E-state index is -0.997. The number of amides is 2. The number of rotatable bonds is 3. The van der Waals surface area contributed by atoms with E-state index in [1.807, 2.05) is 4.90 Å². The van der Waals surface area contributed by atoms with Crippen molar-refractivity contribution in [3.63, 3.8) is 0 Å². The van der Waals surface area contributed by atoms with Crippen molar-refractivity contribution in [2.24, 2.45) is 0 Å². The number of carbonyl (C=O) groups is 2. The molecular formula is C16H22FN5O3. The Bertz CT molecular complexity index is 619. The van der Waals surface area contributed by atoms with Gasteiger partial charge in [-0.25, -0.2) is 14.4 Å². The van der Waals surface area contributed by atoms with Crippen molar-refractivity contribution in [1.29, 1.82) is 0 Å². The summed E-state index contributed by atoms with van der Waals surface area (Å²) in [5.74, 6) is -0.521. The zero-order valence-electron chi connectivity index (χ0n) is 14.0. The summed E-state index contributed by atoms with van der Waals surface area (Å²) < 4.78 is 12.9. The van der Waals surface area contributed by atoms with Crippen molar-refractivity contribution < 1.29 is 19.1 Å². The molecule has 0 aromatic carbocycles. The SMILES string of the molecule is O=C(CN1CCCCC(O)C1=O)N1CCN(c2ncc(F)cn2)CC1. The first-order valence-corrected chi connectivity index (χ1v) is 8.52. The highest BCUT2D eigenvalue weighted by Crippen LogP contribution is 2.14. The van der Waals surface area contributed by atoms with Crippen molar-refractivity contribution in [3.05, 3.63) is 18.2 Å². The van der Waals surface area contributed by atoms with Gasteiger partial charge in [-0.15, -0.1) is 0 Å². The highest BCUT2D eigenvalue weighted by molar-refractivity contribution is 5.87. The molecule has 1 aromatic rings. The Morgan fingerprint density at radius 3 is 2.52 bits per heavy atom. The third-order valence-corrected chi connectivity index (χ3v) is 4.60. The average molecular weight is 351 g/mol. The summed E-state index contributed by atoms with van der Waals surface area (Å²) in [4.78, 5) is 37.5. The van der Waals surface area contributed by atoms with Crippen molar-refractivity contribution in [3.8, 4) is 0 Å². The van der Waals surface area contributed by atoms with Crippen molar-refractivity contribution >= 4 is 17.8 Å². The Labute approximate surface area is 145 Å². The Morgan fingerprint density at radius 2 is 1.84 bits per heavy atom. The molecule has 25 heavy (non-hydrogen) atoms. The molecular weight excluding hydrogens is 329 g/mol. The quantitative estimate of drug-likeness (QED) is 0.800. The molecule has 2 aliphatic heterocycles. The summed E-state index contributed by atoms with van der Waals surface area (Å²) >= 11 is 0. The summed E-state index contributed by atoms with van der Waals surface area (Å²) in [6, 6.07) is 0. The van der Waals surface area contributed by atoms with Gasteiger partial charge in [-0.3, -0.25) is 9.59 Å². The maximum atomic E-state index is 12.9. The lowest BCUT2D eigenvalue weighted by Gasteiger charge is -2.35. The number of aliphatic hydroxyl groups excluding tert-OH is 1. The number of anilines is 1. The number of aromatic nitrogens is 2. The monoisotopic (exact) mass is 351 g/mol. The first-order valence-electron chi connectivity index (χ1n) is 8.52. The number of carbonyl (C=O) groups excluding carboxylic acids is 2. The van der Waals surface area contributed by atoms with Crippen LogP contribution in [0.4, 0.5) is 10.3 Å². The van der Waals surface area contributed by atoms with Crippen LogP contribution in [0, 0.1) is 5.82 Å². The Hall–Kier alpha value is -2.29. The molecule has 0 radical (unpaired) electrons. The summed E-state index contributed by atoms with van der Waals surface area (Å²) in [6.07, 6.45) is 3.29. The lowest BCUT2D eigenvalue weighted by Crippen LogP contribution is -2.52. The number of hydrogen-bond donors (Lipinski definition) is 1. The molecule has 2 aliphatic rings. The molecule has 136 valence electrons. The molecule has 2 saturated heterocycles. The smallest absolute Gasteiger partial charge is 0.251 e. The molecule has 1 aromatic heterocycles. The molecule has 2 fully saturated rings. The van der Waals surface area contributed by atoms with Gasteiger partial charge in [0.15, 0.2) is 5.82 Å². The highest BCUT2D eigenvalue weighted by atomic mass is 19.1. The fourth-order valence-electron chi connectivity index (χ4n) is 3.13. The summed E-state index contributed by atoms with van der Waals surface area (Å²) in [5, 5.41) is 9.77. The summed E-state index contributed by atoms with van der Waals surface area (Å²) in [7, 11) is 0. The molecule has 9 heteroatoms. The van der Waals surface area contributed by atoms with E-state index >= 15 is 0 Å². The van der Waals surface area contributed by atoms with Crippen molar-refractivity contribution in [1.82, 2.24) is 19.8 Å². The fourth-order valence-corrected chi connectivity index (χ4v) is 3.13. The molecule has 8 nitrogen and oxygen atoms in total. The summed E-state index contributed by atoms with van der Waals surface area (Å²) in [5.41, 5.74) is 0. The first-order chi connectivity index (χ1) is 12.0. The standard InChI is InChI=1S/C16H22FN5O3/c17-12-9-18-16(19-10-12)21-7-5-20(6-8-21)14(24)11-22-4-2-1-3-13(23)15(22)25/h9-10,13,23H,1-8,11H2. The second kappa shape index (κ2) is 7.73. The molecule has 3 rings (SSSR count). The first kappa shape index (κ1) is 17.5. The molecule has 2 amide bonds. The molecule has 0 saturated carbocycles. The van der Waals surface area contributed by atoms with Gasteiger partial charge in [-0.05, 0) is 19.3 Å². The van der Waals surface area contributed by atoms with E-state index in [1.165, 1.54) is 4.90 Å². The van der Waals surface area contributed by atoms with Gasteiger partial charge < -0.3 is 19.8 Å². The van der Waals surface area contributed by atoms with Gasteiger partial charge in [-0.2, -0.15) is 0 Å². The Morgan fingerprint density at radius 1 is 1.16 bits per heavy atom. The lowest BCUT2D eigenvalue weighted by atomic mass is 10.2. The van der Waals surface area contributed by atoms with Crippen LogP contribution in [-0.2, 0) is 9.59 Å². The maximum absolute atomic E-state index is 12.9. The fraction of sp³-hybridized carbons (Fsp3) is 0.625. The Kier molecular flexibility index (Phi) is 5.42. The van der Waals surface area contributed by atoms with Crippen molar-refractivity contribution in [2.75, 3.05) is 44.2 Å². The zero-order chi connectivity index (χ0) is 17.8. The van der Waals surface area contributed by atoms with Crippen molar-refractivity contribution in [2.45, 2.75) is 25.4 Å². The number of nitrogens with zero attached hydrogens (tertiary/aromatic N) is 5. The lowest BCUT2D eigenvalue weighted by molar-refractivity contribution is -0.145. The third kappa shape index (κ3) is 4.22. The topological polar surface area (TPSA) is 89.9 Å². The van der Waals surface area contributed by atoms with Crippen LogP contribution < -0.4 is 4.90 Å². The summed E-state index contributed by atoms with van der Waals surface area (Å²) in [6.45, 7) is 2.59. The second-order valence-electron chi connectivity index (χ2n) is 6.34. The van der Waals surface area contributed by atoms with E-state index in [1.54, 1.807) is 4.90 Å². The Balaban J connectivity index is 1.52. The predicted molar refractivity (Wildman–Crippen MR) is 87.2 cm³/mol. The van der Waals surface area contributed by atoms with Gasteiger partial charge in [0.1, 0.15) is 6.10 Å². The van der Waals surface area contributed by atoms with E-state index in [9.17, 15) is 19.1 Å². The van der Waals surface area contributed by atoms with Gasteiger partial charge in [-0.1, -0.05) is 0 Å². The highest BCUT2D eigenvalue weighted by Gasteiger charge is 2.29. The van der Waals surface area contributed by atoms with Gasteiger partial charge in [0.25, 0.3) is 5.91 Å². The zero-order valence-corrected chi connectivity index (χ0v) is 14.0. The number of piperazine rings is 1. The van der Waals surface area contributed by atoms with E-state index in [4.69, 9.17) is 0 Å². The van der Waals surface area contributed by atoms with E-state index in [0.717, 1.165) is 25.2 Å². The molecule has 0 spiro atoms. The minimum absolute atomic E-state index is 0.00292. The van der Waals surface area contributed by atoms with Crippen LogP contribution in [0.15, 0.2) is 12.4 Å². The number of halogens is 1. The molecule has 1 N–H and O–H groups in total. The van der Waals surface area contributed by atoms with Gasteiger partial charge in [0.2, 0.25) is 11.9 Å². The third-order valence-electron chi connectivity index (χ3n) is 4.60. The van der Waals surface area contributed by atoms with Crippen LogP contribution in [-0.4, -0.2) is 82.1 Å². The van der Waals surface area contributed by atoms with Crippen LogP contribution in [0.3, 0.4) is 0 Å². The molecule has 1 unspecified atom stereocenters. The van der Waals surface area contributed by atoms with Crippen LogP contribution in [0.25, 0.3) is 0 Å². The van der Waals surface area contributed by atoms with Crippen LogP contribution in [0.1, 0.15) is 19.3 Å². The van der Waals surface area contributed by atoms with E-state index in [2.05, 4.69) is 9.97 Å². The predicted octanol–water partition coefficient (Wildman–Crippen LogP) is -0.362. The number of likely N-dealkylation sites (tertiary alicyclic amines) is 1. The van der Waals surface area contributed by atoms with Gasteiger partial charge in [0.05, 0.1) is 18.9 Å². The van der Waals surface area contributed by atoms with Crippen LogP contribution in [0.2, 0.25) is 0 Å². The number of hydrogen-bond acceptors (Lipinski definition) is 6. The average Bonchev–Trinajstić information content (AvgIpc) is 2.78. The van der Waals surface area contributed by atoms with Crippen LogP contribution in [0.5, 0.6) is 0 Å². The molecule has 0 bridgehead atoms. The molecule has 0 aliphatic carbocycles. The van der Waals surface area contributed by atoms with Gasteiger partial charge >= 0.3 is 0 Å². The largest absolute Gasteiger partial charge is 0.383 e. The van der Waals surface area contributed by atoms with E-state index < -0.39 is 11.9 Å². The number of aliphatic hydroxyl groups is 1.